The van der Waals surface area contributed by atoms with Gasteiger partial charge in [0.05, 0.1) is 5.76 Å². The molecule has 1 fully saturated rings. The third-order valence-corrected chi connectivity index (χ3v) is 2.10. The van der Waals surface area contributed by atoms with E-state index in [0.29, 0.717) is 11.7 Å². The maximum absolute atomic E-state index is 9.07. The average molecular weight is 141 g/mol. The fraction of sp³-hybridized carbons (Fsp3) is 0.750. The number of likely N-dealkylation sites (tertiary alicyclic amines) is 1. The van der Waals surface area contributed by atoms with Gasteiger partial charge in [0.1, 0.15) is 0 Å². The molecule has 0 bridgehead atoms. The molecule has 58 valence electrons. The summed E-state index contributed by atoms with van der Waals surface area (Å²) < 4.78 is 0. The number of nitrogens with zero attached hydrogens (tertiary/aromatic N) is 1. The van der Waals surface area contributed by atoms with Crippen molar-refractivity contribution in [3.05, 3.63) is 12.3 Å². The molecular formula is C8H15NO. The van der Waals surface area contributed by atoms with Gasteiger partial charge in [0.25, 0.3) is 0 Å². The van der Waals surface area contributed by atoms with Crippen LogP contribution in [0.3, 0.4) is 0 Å². The average Bonchev–Trinajstić information content (AvgIpc) is 1.88. The first-order valence-electron chi connectivity index (χ1n) is 3.76. The minimum absolute atomic E-state index is 0.318. The Hall–Kier alpha value is -0.500. The van der Waals surface area contributed by atoms with Crippen LogP contribution in [-0.2, 0) is 0 Å². The number of rotatable bonds is 1. The molecule has 2 nitrogen and oxygen atoms in total. The second kappa shape index (κ2) is 3.06. The van der Waals surface area contributed by atoms with E-state index in [2.05, 4.69) is 18.5 Å². The molecule has 0 saturated carbocycles. The fourth-order valence-electron chi connectivity index (χ4n) is 1.44. The van der Waals surface area contributed by atoms with Crippen molar-refractivity contribution in [2.75, 3.05) is 20.1 Å². The normalized spacial score (nSPS) is 28.3. The lowest BCUT2D eigenvalue weighted by molar-refractivity contribution is 0.190. The van der Waals surface area contributed by atoms with Crippen molar-refractivity contribution in [2.24, 2.45) is 5.92 Å². The Morgan fingerprint density at radius 1 is 1.70 bits per heavy atom. The van der Waals surface area contributed by atoms with E-state index in [0.717, 1.165) is 19.5 Å². The van der Waals surface area contributed by atoms with Crippen LogP contribution in [0.4, 0.5) is 0 Å². The van der Waals surface area contributed by atoms with Crippen molar-refractivity contribution in [1.29, 1.82) is 0 Å². The minimum atomic E-state index is 0.318. The predicted molar refractivity (Wildman–Crippen MR) is 42.0 cm³/mol. The van der Waals surface area contributed by atoms with Crippen molar-refractivity contribution in [2.45, 2.75) is 12.8 Å². The number of hydrogen-bond acceptors (Lipinski definition) is 2. The van der Waals surface area contributed by atoms with Gasteiger partial charge in [0.15, 0.2) is 0 Å². The first-order chi connectivity index (χ1) is 4.70. The molecule has 0 radical (unpaired) electrons. The lowest BCUT2D eigenvalue weighted by atomic mass is 9.97. The third-order valence-electron chi connectivity index (χ3n) is 2.10. The van der Waals surface area contributed by atoms with Gasteiger partial charge in [-0.3, -0.25) is 0 Å². The molecule has 0 aromatic rings. The van der Waals surface area contributed by atoms with E-state index in [9.17, 15) is 0 Å². The molecule has 1 atom stereocenters. The van der Waals surface area contributed by atoms with Gasteiger partial charge in [-0.1, -0.05) is 6.58 Å². The largest absolute Gasteiger partial charge is 0.513 e. The summed E-state index contributed by atoms with van der Waals surface area (Å²) in [6.45, 7) is 5.67. The molecule has 0 aromatic carbocycles. The summed E-state index contributed by atoms with van der Waals surface area (Å²) in [7, 11) is 2.08. The van der Waals surface area contributed by atoms with Gasteiger partial charge < -0.3 is 10.0 Å². The van der Waals surface area contributed by atoms with Crippen LogP contribution < -0.4 is 0 Å². The molecule has 1 rings (SSSR count). The zero-order chi connectivity index (χ0) is 7.56. The Balaban J connectivity index is 2.39. The SMILES string of the molecule is C=C(O)[C@@H]1CCCN(C)C1. The molecule has 1 heterocycles. The van der Waals surface area contributed by atoms with Gasteiger partial charge in [-0.05, 0) is 26.4 Å². The van der Waals surface area contributed by atoms with Crippen LogP contribution >= 0.6 is 0 Å². The van der Waals surface area contributed by atoms with E-state index in [1.165, 1.54) is 6.42 Å². The molecule has 1 aliphatic rings. The lowest BCUT2D eigenvalue weighted by Gasteiger charge is -2.28. The molecule has 0 spiro atoms. The highest BCUT2D eigenvalue weighted by molar-refractivity contribution is 4.91. The molecule has 2 heteroatoms. The van der Waals surface area contributed by atoms with Crippen molar-refractivity contribution in [3.8, 4) is 0 Å². The summed E-state index contributed by atoms with van der Waals surface area (Å²) in [6.07, 6.45) is 2.28. The van der Waals surface area contributed by atoms with Crippen LogP contribution in [0, 0.1) is 5.92 Å². The van der Waals surface area contributed by atoms with Crippen LogP contribution in [0.15, 0.2) is 12.3 Å². The summed E-state index contributed by atoms with van der Waals surface area (Å²) in [5.41, 5.74) is 0. The standard InChI is InChI=1S/C8H15NO/c1-7(10)8-4-3-5-9(2)6-8/h8,10H,1,3-6H2,2H3/t8-/m1/s1. The zero-order valence-electron chi connectivity index (χ0n) is 6.51. The zero-order valence-corrected chi connectivity index (χ0v) is 6.51. The Morgan fingerprint density at radius 3 is 2.80 bits per heavy atom. The van der Waals surface area contributed by atoms with E-state index >= 15 is 0 Å². The number of piperidine rings is 1. The van der Waals surface area contributed by atoms with E-state index in [-0.39, 0.29) is 0 Å². The summed E-state index contributed by atoms with van der Waals surface area (Å²) >= 11 is 0. The predicted octanol–water partition coefficient (Wildman–Crippen LogP) is 1.40. The van der Waals surface area contributed by atoms with E-state index in [1.54, 1.807) is 0 Å². The van der Waals surface area contributed by atoms with Crippen molar-refractivity contribution < 1.29 is 5.11 Å². The number of aliphatic hydroxyl groups excluding tert-OH is 1. The van der Waals surface area contributed by atoms with Crippen molar-refractivity contribution in [3.63, 3.8) is 0 Å². The highest BCUT2D eigenvalue weighted by atomic mass is 16.3. The van der Waals surface area contributed by atoms with Gasteiger partial charge in [0.2, 0.25) is 0 Å². The van der Waals surface area contributed by atoms with Gasteiger partial charge in [-0.2, -0.15) is 0 Å². The van der Waals surface area contributed by atoms with Crippen molar-refractivity contribution in [1.82, 2.24) is 4.90 Å². The second-order valence-corrected chi connectivity index (χ2v) is 3.09. The smallest absolute Gasteiger partial charge is 0.0894 e. The molecule has 1 aliphatic heterocycles. The summed E-state index contributed by atoms with van der Waals surface area (Å²) in [6, 6.07) is 0. The molecule has 0 unspecified atom stereocenters. The maximum atomic E-state index is 9.07. The quantitative estimate of drug-likeness (QED) is 0.558. The topological polar surface area (TPSA) is 23.5 Å². The Labute approximate surface area is 62.2 Å². The second-order valence-electron chi connectivity index (χ2n) is 3.09. The van der Waals surface area contributed by atoms with Crippen LogP contribution in [0.25, 0.3) is 0 Å². The van der Waals surface area contributed by atoms with Crippen LogP contribution in [-0.4, -0.2) is 30.1 Å². The van der Waals surface area contributed by atoms with Crippen LogP contribution in [0.5, 0.6) is 0 Å². The van der Waals surface area contributed by atoms with Gasteiger partial charge in [0, 0.05) is 12.5 Å². The lowest BCUT2D eigenvalue weighted by Crippen LogP contribution is -2.32. The van der Waals surface area contributed by atoms with Gasteiger partial charge >= 0.3 is 0 Å². The summed E-state index contributed by atoms with van der Waals surface area (Å²) in [5.74, 6) is 0.672. The molecule has 1 saturated heterocycles. The molecule has 0 aliphatic carbocycles. The Morgan fingerprint density at radius 2 is 2.40 bits per heavy atom. The highest BCUT2D eigenvalue weighted by Crippen LogP contribution is 2.19. The van der Waals surface area contributed by atoms with E-state index in [4.69, 9.17) is 5.11 Å². The Kier molecular flexibility index (Phi) is 2.33. The molecule has 0 amide bonds. The molecular weight excluding hydrogens is 126 g/mol. The van der Waals surface area contributed by atoms with Gasteiger partial charge in [-0.15, -0.1) is 0 Å². The maximum Gasteiger partial charge on any atom is 0.0894 e. The molecule has 1 N–H and O–H groups in total. The minimum Gasteiger partial charge on any atom is -0.513 e. The van der Waals surface area contributed by atoms with E-state index < -0.39 is 0 Å². The van der Waals surface area contributed by atoms with Crippen LogP contribution in [0.2, 0.25) is 0 Å². The third kappa shape index (κ3) is 1.74. The summed E-state index contributed by atoms with van der Waals surface area (Å²) in [4.78, 5) is 2.23. The molecule has 10 heavy (non-hydrogen) atoms. The van der Waals surface area contributed by atoms with Crippen molar-refractivity contribution >= 4 is 0 Å². The number of hydrogen-bond donors (Lipinski definition) is 1. The highest BCUT2D eigenvalue weighted by Gasteiger charge is 2.18. The first kappa shape index (κ1) is 7.61. The van der Waals surface area contributed by atoms with E-state index in [1.807, 2.05) is 0 Å². The van der Waals surface area contributed by atoms with Gasteiger partial charge in [-0.25, -0.2) is 0 Å². The van der Waals surface area contributed by atoms with Crippen LogP contribution in [0.1, 0.15) is 12.8 Å². The number of aliphatic hydroxyl groups is 1. The Bertz CT molecular complexity index is 133. The monoisotopic (exact) mass is 141 g/mol. The summed E-state index contributed by atoms with van der Waals surface area (Å²) in [5, 5.41) is 9.07. The molecule has 0 aromatic heterocycles. The fourth-order valence-corrected chi connectivity index (χ4v) is 1.44. The first-order valence-corrected chi connectivity index (χ1v) is 3.76.